The second-order valence-electron chi connectivity index (χ2n) is 6.75. The van der Waals surface area contributed by atoms with Gasteiger partial charge in [-0.2, -0.15) is 0 Å². The lowest BCUT2D eigenvalue weighted by Gasteiger charge is -2.18. The fraction of sp³-hybridized carbons (Fsp3) is 0.562. The zero-order valence-corrected chi connectivity index (χ0v) is 12.2. The van der Waals surface area contributed by atoms with E-state index < -0.39 is 0 Å². The van der Waals surface area contributed by atoms with Gasteiger partial charge >= 0.3 is 5.97 Å². The summed E-state index contributed by atoms with van der Waals surface area (Å²) in [5.74, 6) is -0.279. The van der Waals surface area contributed by atoms with Gasteiger partial charge < -0.3 is 9.47 Å². The van der Waals surface area contributed by atoms with Crippen LogP contribution in [0.25, 0.3) is 0 Å². The van der Waals surface area contributed by atoms with Crippen molar-refractivity contribution in [1.82, 2.24) is 0 Å². The molecule has 0 radical (unpaired) electrons. The molecular formula is C16H22O3. The molecule has 0 spiro atoms. The van der Waals surface area contributed by atoms with E-state index in [1.165, 1.54) is 5.56 Å². The van der Waals surface area contributed by atoms with Crippen molar-refractivity contribution in [2.24, 2.45) is 5.41 Å². The molecule has 3 heteroatoms. The summed E-state index contributed by atoms with van der Waals surface area (Å²) in [5, 5.41) is 0. The molecule has 1 aliphatic heterocycles. The quantitative estimate of drug-likeness (QED) is 0.617. The van der Waals surface area contributed by atoms with Crippen LogP contribution >= 0.6 is 0 Å². The minimum atomic E-state index is -0.279. The monoisotopic (exact) mass is 262 g/mol. The summed E-state index contributed by atoms with van der Waals surface area (Å²) in [6, 6.07) is 7.66. The van der Waals surface area contributed by atoms with Gasteiger partial charge in [0.2, 0.25) is 0 Å². The van der Waals surface area contributed by atoms with Crippen LogP contribution in [0.1, 0.15) is 43.6 Å². The summed E-state index contributed by atoms with van der Waals surface area (Å²) in [6.07, 6.45) is 0.994. The topological polar surface area (TPSA) is 38.8 Å². The van der Waals surface area contributed by atoms with Gasteiger partial charge in [0.1, 0.15) is 12.2 Å². The van der Waals surface area contributed by atoms with Gasteiger partial charge in [0, 0.05) is 0 Å². The van der Waals surface area contributed by atoms with Crippen LogP contribution in [0.3, 0.4) is 0 Å². The van der Waals surface area contributed by atoms with E-state index in [-0.39, 0.29) is 17.0 Å². The summed E-state index contributed by atoms with van der Waals surface area (Å²) in [7, 11) is 0. The maximum Gasteiger partial charge on any atom is 0.338 e. The first kappa shape index (κ1) is 14.1. The van der Waals surface area contributed by atoms with Gasteiger partial charge in [-0.1, -0.05) is 32.9 Å². The lowest BCUT2D eigenvalue weighted by Crippen LogP contribution is -2.18. The van der Waals surface area contributed by atoms with Gasteiger partial charge in [-0.25, -0.2) is 4.79 Å². The fourth-order valence-corrected chi connectivity index (χ4v) is 1.88. The van der Waals surface area contributed by atoms with Gasteiger partial charge in [-0.15, -0.1) is 0 Å². The van der Waals surface area contributed by atoms with Crippen LogP contribution in [-0.4, -0.2) is 24.8 Å². The number of carbonyl (C=O) groups excluding carboxylic acids is 1. The van der Waals surface area contributed by atoms with Crippen molar-refractivity contribution in [1.29, 1.82) is 0 Å². The van der Waals surface area contributed by atoms with Gasteiger partial charge in [0.15, 0.2) is 0 Å². The van der Waals surface area contributed by atoms with E-state index in [2.05, 4.69) is 20.8 Å². The van der Waals surface area contributed by atoms with Crippen molar-refractivity contribution in [3.8, 4) is 0 Å². The first-order valence-corrected chi connectivity index (χ1v) is 6.68. The number of epoxide rings is 1. The van der Waals surface area contributed by atoms with Crippen LogP contribution in [0.15, 0.2) is 24.3 Å². The molecule has 0 amide bonds. The number of ether oxygens (including phenoxy) is 2. The zero-order chi connectivity index (χ0) is 14.1. The van der Waals surface area contributed by atoms with Gasteiger partial charge in [-0.05, 0) is 36.5 Å². The van der Waals surface area contributed by atoms with Crippen LogP contribution < -0.4 is 0 Å². The molecule has 0 bridgehead atoms. The Morgan fingerprint density at radius 3 is 2.37 bits per heavy atom. The lowest BCUT2D eigenvalue weighted by molar-refractivity contribution is 0.0411. The van der Waals surface area contributed by atoms with Gasteiger partial charge in [0.05, 0.1) is 12.2 Å². The van der Waals surface area contributed by atoms with Crippen LogP contribution in [0.4, 0.5) is 0 Å². The van der Waals surface area contributed by atoms with Gasteiger partial charge in [0.25, 0.3) is 0 Å². The molecule has 104 valence electrons. The SMILES string of the molecule is CC(C)(C)Cc1ccc(C(=O)OCC2(C)CO2)cc1. The Morgan fingerprint density at radius 2 is 1.89 bits per heavy atom. The Labute approximate surface area is 114 Å². The van der Waals surface area contributed by atoms with Crippen molar-refractivity contribution in [3.63, 3.8) is 0 Å². The molecule has 0 aromatic heterocycles. The molecule has 1 aliphatic rings. The van der Waals surface area contributed by atoms with Crippen LogP contribution in [-0.2, 0) is 15.9 Å². The van der Waals surface area contributed by atoms with E-state index in [9.17, 15) is 4.79 Å². The molecule has 19 heavy (non-hydrogen) atoms. The third-order valence-electron chi connectivity index (χ3n) is 3.07. The maximum atomic E-state index is 11.8. The molecule has 1 heterocycles. The molecule has 1 saturated heterocycles. The summed E-state index contributed by atoms with van der Waals surface area (Å²) < 4.78 is 10.4. The van der Waals surface area contributed by atoms with E-state index >= 15 is 0 Å². The number of benzene rings is 1. The minimum absolute atomic E-state index is 0.248. The first-order valence-electron chi connectivity index (χ1n) is 6.68. The van der Waals surface area contributed by atoms with E-state index in [0.29, 0.717) is 18.8 Å². The third-order valence-corrected chi connectivity index (χ3v) is 3.07. The highest BCUT2D eigenvalue weighted by Gasteiger charge is 2.40. The predicted octanol–water partition coefficient (Wildman–Crippen LogP) is 3.22. The molecule has 3 nitrogen and oxygen atoms in total. The first-order chi connectivity index (χ1) is 8.77. The summed E-state index contributed by atoms with van der Waals surface area (Å²) in [5.41, 5.74) is 1.84. The summed E-state index contributed by atoms with van der Waals surface area (Å²) >= 11 is 0. The molecule has 0 N–H and O–H groups in total. The van der Waals surface area contributed by atoms with E-state index in [0.717, 1.165) is 6.42 Å². The van der Waals surface area contributed by atoms with Crippen LogP contribution in [0.5, 0.6) is 0 Å². The maximum absolute atomic E-state index is 11.8. The molecule has 1 fully saturated rings. The molecule has 2 rings (SSSR count). The van der Waals surface area contributed by atoms with Crippen molar-refractivity contribution in [2.75, 3.05) is 13.2 Å². The number of esters is 1. The van der Waals surface area contributed by atoms with Crippen LogP contribution in [0.2, 0.25) is 0 Å². The standard InChI is InChI=1S/C16H22O3/c1-15(2,3)9-12-5-7-13(8-6-12)14(17)18-10-16(4)11-19-16/h5-8H,9-11H2,1-4H3. The van der Waals surface area contributed by atoms with Gasteiger partial charge in [-0.3, -0.25) is 0 Å². The molecule has 1 unspecified atom stereocenters. The average Bonchev–Trinajstić information content (AvgIpc) is 3.04. The number of rotatable bonds is 4. The predicted molar refractivity (Wildman–Crippen MR) is 74.2 cm³/mol. The van der Waals surface area contributed by atoms with Crippen molar-refractivity contribution < 1.29 is 14.3 Å². The van der Waals surface area contributed by atoms with E-state index in [1.807, 2.05) is 31.2 Å². The Kier molecular flexibility index (Phi) is 3.68. The third kappa shape index (κ3) is 4.35. The van der Waals surface area contributed by atoms with E-state index in [4.69, 9.17) is 9.47 Å². The highest BCUT2D eigenvalue weighted by Crippen LogP contribution is 2.26. The van der Waals surface area contributed by atoms with E-state index in [1.54, 1.807) is 0 Å². The Morgan fingerprint density at radius 1 is 1.32 bits per heavy atom. The second-order valence-corrected chi connectivity index (χ2v) is 6.75. The highest BCUT2D eigenvalue weighted by molar-refractivity contribution is 5.89. The van der Waals surface area contributed by atoms with Crippen molar-refractivity contribution in [3.05, 3.63) is 35.4 Å². The average molecular weight is 262 g/mol. The number of carbonyl (C=O) groups is 1. The van der Waals surface area contributed by atoms with Crippen molar-refractivity contribution in [2.45, 2.75) is 39.7 Å². The largest absolute Gasteiger partial charge is 0.459 e. The Hall–Kier alpha value is -1.35. The molecule has 0 saturated carbocycles. The normalized spacial score (nSPS) is 22.1. The molecule has 1 aromatic carbocycles. The lowest BCUT2D eigenvalue weighted by atomic mass is 9.88. The number of hydrogen-bond acceptors (Lipinski definition) is 3. The fourth-order valence-electron chi connectivity index (χ4n) is 1.88. The minimum Gasteiger partial charge on any atom is -0.459 e. The van der Waals surface area contributed by atoms with Crippen LogP contribution in [0, 0.1) is 5.41 Å². The highest BCUT2D eigenvalue weighted by atomic mass is 16.6. The Bertz CT molecular complexity index is 450. The molecule has 1 atom stereocenters. The Balaban J connectivity index is 1.92. The molecular weight excluding hydrogens is 240 g/mol. The summed E-state index contributed by atoms with van der Waals surface area (Å²) in [6.45, 7) is 9.54. The second kappa shape index (κ2) is 4.97. The smallest absolute Gasteiger partial charge is 0.338 e. The zero-order valence-electron chi connectivity index (χ0n) is 12.2. The number of hydrogen-bond donors (Lipinski definition) is 0. The summed E-state index contributed by atoms with van der Waals surface area (Å²) in [4.78, 5) is 11.8. The van der Waals surface area contributed by atoms with Crippen molar-refractivity contribution >= 4 is 5.97 Å². The molecule has 1 aromatic rings. The molecule has 0 aliphatic carbocycles.